The van der Waals surface area contributed by atoms with E-state index in [1.54, 1.807) is 4.90 Å². The zero-order valence-corrected chi connectivity index (χ0v) is 14.5. The maximum absolute atomic E-state index is 12.9. The molecule has 0 bridgehead atoms. The first-order valence-electron chi connectivity index (χ1n) is 9.23. The number of ether oxygens (including phenoxy) is 1. The van der Waals surface area contributed by atoms with E-state index in [9.17, 15) is 14.4 Å². The lowest BCUT2D eigenvalue weighted by Gasteiger charge is -2.32. The Balaban J connectivity index is 1.47. The molecule has 1 aromatic carbocycles. The van der Waals surface area contributed by atoms with Crippen molar-refractivity contribution in [3.05, 3.63) is 28.8 Å². The van der Waals surface area contributed by atoms with Gasteiger partial charge < -0.3 is 15.0 Å². The van der Waals surface area contributed by atoms with Crippen molar-refractivity contribution in [2.75, 3.05) is 19.7 Å². The van der Waals surface area contributed by atoms with Gasteiger partial charge >= 0.3 is 0 Å². The predicted molar refractivity (Wildman–Crippen MR) is 91.8 cm³/mol. The van der Waals surface area contributed by atoms with Crippen molar-refractivity contribution in [2.45, 2.75) is 43.7 Å². The largest absolute Gasteiger partial charge is 0.492 e. The summed E-state index contributed by atoms with van der Waals surface area (Å²) in [5.74, 6) is 0.0212. The van der Waals surface area contributed by atoms with Crippen LogP contribution in [0.1, 0.15) is 47.2 Å². The van der Waals surface area contributed by atoms with E-state index in [0.717, 1.165) is 37.2 Å². The fraction of sp³-hybridized carbons (Fsp3) is 0.526. The van der Waals surface area contributed by atoms with Gasteiger partial charge in [-0.2, -0.15) is 0 Å². The van der Waals surface area contributed by atoms with Crippen LogP contribution in [-0.4, -0.2) is 48.4 Å². The Kier molecular flexibility index (Phi) is 3.37. The molecule has 2 fully saturated rings. The molecule has 4 heterocycles. The van der Waals surface area contributed by atoms with Gasteiger partial charge in [-0.25, -0.2) is 0 Å². The number of rotatable bonds is 1. The molecule has 7 nitrogen and oxygen atoms in total. The van der Waals surface area contributed by atoms with Gasteiger partial charge in [-0.15, -0.1) is 0 Å². The van der Waals surface area contributed by atoms with Crippen molar-refractivity contribution in [1.82, 2.24) is 15.5 Å². The van der Waals surface area contributed by atoms with Gasteiger partial charge in [0, 0.05) is 29.5 Å². The molecule has 136 valence electrons. The number of nitrogens with zero attached hydrogens (tertiary/aromatic N) is 1. The van der Waals surface area contributed by atoms with E-state index in [-0.39, 0.29) is 29.6 Å². The van der Waals surface area contributed by atoms with Crippen LogP contribution in [-0.2, 0) is 21.5 Å². The third kappa shape index (κ3) is 2.19. The smallest absolute Gasteiger partial charge is 0.255 e. The SMILES string of the molecule is O=C1CCC(N2Cc3cc4c(cc3C2=O)OCC42CCNCC2)C(=O)N1. The molecular weight excluding hydrogens is 334 g/mol. The van der Waals surface area contributed by atoms with E-state index in [0.29, 0.717) is 25.1 Å². The molecule has 1 atom stereocenters. The quantitative estimate of drug-likeness (QED) is 0.715. The van der Waals surface area contributed by atoms with Gasteiger partial charge in [0.15, 0.2) is 0 Å². The number of benzene rings is 1. The van der Waals surface area contributed by atoms with Crippen molar-refractivity contribution >= 4 is 17.7 Å². The molecule has 0 saturated carbocycles. The van der Waals surface area contributed by atoms with Crippen molar-refractivity contribution in [1.29, 1.82) is 0 Å². The molecular formula is C19H21N3O4. The maximum atomic E-state index is 12.9. The average Bonchev–Trinajstić information content (AvgIpc) is 3.13. The predicted octanol–water partition coefficient (Wildman–Crippen LogP) is 0.461. The van der Waals surface area contributed by atoms with Crippen molar-refractivity contribution in [3.8, 4) is 5.75 Å². The summed E-state index contributed by atoms with van der Waals surface area (Å²) in [6, 6.07) is 3.40. The lowest BCUT2D eigenvalue weighted by molar-refractivity contribution is -0.136. The summed E-state index contributed by atoms with van der Waals surface area (Å²) in [7, 11) is 0. The number of nitrogens with one attached hydrogen (secondary N) is 2. The highest BCUT2D eigenvalue weighted by atomic mass is 16.5. The fourth-order valence-corrected chi connectivity index (χ4v) is 4.74. The van der Waals surface area contributed by atoms with Crippen LogP contribution in [0.5, 0.6) is 5.75 Å². The number of piperidine rings is 2. The van der Waals surface area contributed by atoms with E-state index in [4.69, 9.17) is 4.74 Å². The van der Waals surface area contributed by atoms with Gasteiger partial charge in [-0.1, -0.05) is 0 Å². The van der Waals surface area contributed by atoms with Crippen molar-refractivity contribution in [2.24, 2.45) is 0 Å². The van der Waals surface area contributed by atoms with Crippen LogP contribution in [0, 0.1) is 0 Å². The van der Waals surface area contributed by atoms with E-state index < -0.39 is 6.04 Å². The molecule has 4 aliphatic rings. The number of amides is 3. The third-order valence-electron chi connectivity index (χ3n) is 6.26. The molecule has 1 aromatic rings. The topological polar surface area (TPSA) is 87.7 Å². The molecule has 4 aliphatic heterocycles. The number of carbonyl (C=O) groups is 3. The van der Waals surface area contributed by atoms with Crippen LogP contribution in [0.4, 0.5) is 0 Å². The first-order chi connectivity index (χ1) is 12.6. The summed E-state index contributed by atoms with van der Waals surface area (Å²) in [4.78, 5) is 38.0. The van der Waals surface area contributed by atoms with E-state index >= 15 is 0 Å². The maximum Gasteiger partial charge on any atom is 0.255 e. The second kappa shape index (κ2) is 5.54. The standard InChI is InChI=1S/C19H21N3O4/c23-16-2-1-14(17(24)21-16)22-9-11-7-13-15(8-12(11)18(22)25)26-10-19(13)3-5-20-6-4-19/h7-8,14,20H,1-6,9-10H2,(H,21,23,24). The summed E-state index contributed by atoms with van der Waals surface area (Å²) in [6.07, 6.45) is 2.72. The number of hydrogen-bond acceptors (Lipinski definition) is 5. The summed E-state index contributed by atoms with van der Waals surface area (Å²) in [6.45, 7) is 3.04. The van der Waals surface area contributed by atoms with Crippen molar-refractivity contribution in [3.63, 3.8) is 0 Å². The lowest BCUT2D eigenvalue weighted by atomic mass is 9.74. The van der Waals surface area contributed by atoms with Gasteiger partial charge in [-0.05, 0) is 50.0 Å². The highest BCUT2D eigenvalue weighted by Gasteiger charge is 2.45. The minimum absolute atomic E-state index is 0.0424. The Hall–Kier alpha value is -2.41. The Labute approximate surface area is 151 Å². The minimum Gasteiger partial charge on any atom is -0.492 e. The van der Waals surface area contributed by atoms with Gasteiger partial charge in [-0.3, -0.25) is 19.7 Å². The lowest BCUT2D eigenvalue weighted by Crippen LogP contribution is -2.52. The molecule has 1 unspecified atom stereocenters. The highest BCUT2D eigenvalue weighted by Crippen LogP contribution is 2.46. The first kappa shape index (κ1) is 15.8. The number of carbonyl (C=O) groups excluding carboxylic acids is 3. The summed E-state index contributed by atoms with van der Waals surface area (Å²) in [5, 5.41) is 5.74. The van der Waals surface area contributed by atoms with Gasteiger partial charge in [0.25, 0.3) is 5.91 Å². The van der Waals surface area contributed by atoms with E-state index in [2.05, 4.69) is 16.7 Å². The molecule has 7 heteroatoms. The molecule has 0 radical (unpaired) electrons. The molecule has 2 N–H and O–H groups in total. The Bertz CT molecular complexity index is 828. The van der Waals surface area contributed by atoms with E-state index in [1.807, 2.05) is 6.07 Å². The number of imide groups is 1. The average molecular weight is 355 g/mol. The zero-order chi connectivity index (χ0) is 17.9. The van der Waals surface area contributed by atoms with Gasteiger partial charge in [0.05, 0.1) is 6.61 Å². The second-order valence-corrected chi connectivity index (χ2v) is 7.72. The molecule has 0 aromatic heterocycles. The Morgan fingerprint density at radius 2 is 1.96 bits per heavy atom. The zero-order valence-electron chi connectivity index (χ0n) is 14.5. The minimum atomic E-state index is -0.573. The monoisotopic (exact) mass is 355 g/mol. The second-order valence-electron chi connectivity index (χ2n) is 7.72. The molecule has 26 heavy (non-hydrogen) atoms. The third-order valence-corrected chi connectivity index (χ3v) is 6.26. The molecule has 0 aliphatic carbocycles. The molecule has 3 amide bonds. The molecule has 5 rings (SSSR count). The Morgan fingerprint density at radius 3 is 2.73 bits per heavy atom. The molecule has 1 spiro atoms. The number of fused-ring (bicyclic) bond motifs is 3. The fourth-order valence-electron chi connectivity index (χ4n) is 4.74. The number of hydrogen-bond donors (Lipinski definition) is 2. The summed E-state index contributed by atoms with van der Waals surface area (Å²) >= 11 is 0. The van der Waals surface area contributed by atoms with Crippen LogP contribution in [0.3, 0.4) is 0 Å². The van der Waals surface area contributed by atoms with Crippen LogP contribution < -0.4 is 15.4 Å². The Morgan fingerprint density at radius 1 is 1.15 bits per heavy atom. The van der Waals surface area contributed by atoms with Gasteiger partial charge in [0.1, 0.15) is 11.8 Å². The van der Waals surface area contributed by atoms with Crippen LogP contribution in [0.15, 0.2) is 12.1 Å². The van der Waals surface area contributed by atoms with Crippen LogP contribution in [0.25, 0.3) is 0 Å². The van der Waals surface area contributed by atoms with E-state index in [1.165, 1.54) is 5.56 Å². The normalized spacial score (nSPS) is 26.5. The van der Waals surface area contributed by atoms with Crippen LogP contribution >= 0.6 is 0 Å². The molecule has 2 saturated heterocycles. The van der Waals surface area contributed by atoms with Crippen molar-refractivity contribution < 1.29 is 19.1 Å². The van der Waals surface area contributed by atoms with Crippen LogP contribution in [0.2, 0.25) is 0 Å². The van der Waals surface area contributed by atoms with Gasteiger partial charge in [0.2, 0.25) is 11.8 Å². The summed E-state index contributed by atoms with van der Waals surface area (Å²) < 4.78 is 5.96. The summed E-state index contributed by atoms with van der Waals surface area (Å²) in [5.41, 5.74) is 2.83. The first-order valence-corrected chi connectivity index (χ1v) is 9.23. The highest BCUT2D eigenvalue weighted by molar-refractivity contribution is 6.05.